The minimum Gasteiger partial charge on any atom is -0.496 e. The Hall–Kier alpha value is -3.02. The van der Waals surface area contributed by atoms with Crippen molar-refractivity contribution in [2.75, 3.05) is 7.11 Å². The van der Waals surface area contributed by atoms with Gasteiger partial charge in [0.25, 0.3) is 5.91 Å². The third kappa shape index (κ3) is 3.11. The number of benzene rings is 1. The first-order chi connectivity index (χ1) is 11.2. The molecule has 2 heterocycles. The van der Waals surface area contributed by atoms with E-state index in [2.05, 4.69) is 10.4 Å². The number of aromatic nitrogens is 2. The molecule has 3 aromatic rings. The van der Waals surface area contributed by atoms with Crippen molar-refractivity contribution >= 4 is 5.91 Å². The Morgan fingerprint density at radius 1 is 1.30 bits per heavy atom. The van der Waals surface area contributed by atoms with Crippen LogP contribution in [0.1, 0.15) is 16.2 Å². The summed E-state index contributed by atoms with van der Waals surface area (Å²) in [6, 6.07) is 12.9. The van der Waals surface area contributed by atoms with Crippen molar-refractivity contribution in [3.05, 3.63) is 60.2 Å². The number of amides is 1. The molecule has 23 heavy (non-hydrogen) atoms. The van der Waals surface area contributed by atoms with E-state index in [0.29, 0.717) is 29.4 Å². The SMILES string of the molecule is COc1ccccc1-c1cc(C(=O)NCc2ccco2)n(C)n1. The molecule has 0 bridgehead atoms. The summed E-state index contributed by atoms with van der Waals surface area (Å²) in [5, 5.41) is 7.22. The van der Waals surface area contributed by atoms with Gasteiger partial charge in [0.15, 0.2) is 0 Å². The fourth-order valence-corrected chi connectivity index (χ4v) is 2.34. The summed E-state index contributed by atoms with van der Waals surface area (Å²) < 4.78 is 12.1. The van der Waals surface area contributed by atoms with Crippen molar-refractivity contribution in [2.24, 2.45) is 7.05 Å². The fraction of sp³-hybridized carbons (Fsp3) is 0.176. The number of carbonyl (C=O) groups excluding carboxylic acids is 1. The summed E-state index contributed by atoms with van der Waals surface area (Å²) in [6.45, 7) is 0.334. The zero-order chi connectivity index (χ0) is 16.2. The van der Waals surface area contributed by atoms with Crippen LogP contribution in [0.15, 0.2) is 53.1 Å². The molecule has 0 saturated carbocycles. The van der Waals surface area contributed by atoms with E-state index < -0.39 is 0 Å². The van der Waals surface area contributed by atoms with E-state index in [1.54, 1.807) is 37.2 Å². The van der Waals surface area contributed by atoms with E-state index >= 15 is 0 Å². The molecule has 0 fully saturated rings. The summed E-state index contributed by atoms with van der Waals surface area (Å²) in [5.74, 6) is 1.20. The van der Waals surface area contributed by atoms with Gasteiger partial charge in [-0.2, -0.15) is 5.10 Å². The Morgan fingerprint density at radius 2 is 2.13 bits per heavy atom. The molecular weight excluding hydrogens is 294 g/mol. The van der Waals surface area contributed by atoms with Gasteiger partial charge in [-0.1, -0.05) is 12.1 Å². The largest absolute Gasteiger partial charge is 0.496 e. The highest BCUT2D eigenvalue weighted by atomic mass is 16.5. The van der Waals surface area contributed by atoms with Crippen LogP contribution >= 0.6 is 0 Å². The highest BCUT2D eigenvalue weighted by molar-refractivity contribution is 5.93. The maximum absolute atomic E-state index is 12.3. The third-order valence-corrected chi connectivity index (χ3v) is 3.50. The summed E-state index contributed by atoms with van der Waals surface area (Å²) in [4.78, 5) is 12.3. The molecule has 0 spiro atoms. The molecule has 0 radical (unpaired) electrons. The van der Waals surface area contributed by atoms with Gasteiger partial charge >= 0.3 is 0 Å². The smallest absolute Gasteiger partial charge is 0.269 e. The van der Waals surface area contributed by atoms with Crippen LogP contribution in [-0.2, 0) is 13.6 Å². The molecule has 1 N–H and O–H groups in total. The first-order valence-corrected chi connectivity index (χ1v) is 7.17. The topological polar surface area (TPSA) is 69.3 Å². The predicted octanol–water partition coefficient (Wildman–Crippen LogP) is 2.62. The van der Waals surface area contributed by atoms with Gasteiger partial charge in [0.05, 0.1) is 25.6 Å². The van der Waals surface area contributed by atoms with Gasteiger partial charge < -0.3 is 14.5 Å². The van der Waals surface area contributed by atoms with Crippen LogP contribution in [0, 0.1) is 0 Å². The first kappa shape index (κ1) is 14.9. The number of rotatable bonds is 5. The zero-order valence-corrected chi connectivity index (χ0v) is 12.9. The third-order valence-electron chi connectivity index (χ3n) is 3.50. The maximum atomic E-state index is 12.3. The van der Waals surface area contributed by atoms with Crippen molar-refractivity contribution in [1.29, 1.82) is 0 Å². The van der Waals surface area contributed by atoms with Crippen LogP contribution in [0.25, 0.3) is 11.3 Å². The van der Waals surface area contributed by atoms with E-state index in [4.69, 9.17) is 9.15 Å². The second kappa shape index (κ2) is 6.39. The number of para-hydroxylation sites is 1. The number of hydrogen-bond acceptors (Lipinski definition) is 4. The second-order valence-electron chi connectivity index (χ2n) is 5.00. The number of nitrogens with zero attached hydrogens (tertiary/aromatic N) is 2. The summed E-state index contributed by atoms with van der Waals surface area (Å²) in [6.07, 6.45) is 1.57. The van der Waals surface area contributed by atoms with Crippen molar-refractivity contribution in [3.8, 4) is 17.0 Å². The van der Waals surface area contributed by atoms with Crippen molar-refractivity contribution < 1.29 is 13.9 Å². The van der Waals surface area contributed by atoms with Gasteiger partial charge in [-0.05, 0) is 30.3 Å². The van der Waals surface area contributed by atoms with E-state index in [1.807, 2.05) is 30.3 Å². The molecule has 0 aliphatic carbocycles. The Morgan fingerprint density at radius 3 is 2.87 bits per heavy atom. The number of aryl methyl sites for hydroxylation is 1. The van der Waals surface area contributed by atoms with Crippen molar-refractivity contribution in [3.63, 3.8) is 0 Å². The van der Waals surface area contributed by atoms with E-state index in [1.165, 1.54) is 0 Å². The molecule has 6 nitrogen and oxygen atoms in total. The zero-order valence-electron chi connectivity index (χ0n) is 12.9. The first-order valence-electron chi connectivity index (χ1n) is 7.17. The lowest BCUT2D eigenvalue weighted by molar-refractivity contribution is 0.0938. The second-order valence-corrected chi connectivity index (χ2v) is 5.00. The average molecular weight is 311 g/mol. The van der Waals surface area contributed by atoms with Gasteiger partial charge in [-0.3, -0.25) is 9.48 Å². The monoisotopic (exact) mass is 311 g/mol. The molecule has 1 amide bonds. The van der Waals surface area contributed by atoms with Gasteiger partial charge in [0.1, 0.15) is 17.2 Å². The van der Waals surface area contributed by atoms with E-state index in [0.717, 1.165) is 5.56 Å². The summed E-state index contributed by atoms with van der Waals surface area (Å²) in [7, 11) is 3.35. The molecule has 1 aromatic carbocycles. The molecule has 0 unspecified atom stereocenters. The van der Waals surface area contributed by atoms with Crippen molar-refractivity contribution in [2.45, 2.75) is 6.54 Å². The molecular formula is C17H17N3O3. The average Bonchev–Trinajstić information content (AvgIpc) is 3.22. The molecule has 118 valence electrons. The number of carbonyl (C=O) groups is 1. The lowest BCUT2D eigenvalue weighted by Gasteiger charge is -2.04. The van der Waals surface area contributed by atoms with Gasteiger partial charge in [0.2, 0.25) is 0 Å². The molecule has 2 aromatic heterocycles. The van der Waals surface area contributed by atoms with Gasteiger partial charge in [0, 0.05) is 12.6 Å². The van der Waals surface area contributed by atoms with Gasteiger partial charge in [-0.15, -0.1) is 0 Å². The minimum absolute atomic E-state index is 0.211. The predicted molar refractivity (Wildman–Crippen MR) is 85.1 cm³/mol. The molecule has 0 aliphatic rings. The standard InChI is InChI=1S/C17H17N3O3/c1-20-15(17(21)18-11-12-6-5-9-23-12)10-14(19-20)13-7-3-4-8-16(13)22-2/h3-10H,11H2,1-2H3,(H,18,21). The Balaban J connectivity index is 1.81. The van der Waals surface area contributed by atoms with Crippen LogP contribution in [-0.4, -0.2) is 22.8 Å². The van der Waals surface area contributed by atoms with Crippen LogP contribution in [0.3, 0.4) is 0 Å². The Labute approximate surface area is 133 Å². The molecule has 6 heteroatoms. The molecule has 3 rings (SSSR count). The molecule has 0 saturated heterocycles. The van der Waals surface area contributed by atoms with Crippen LogP contribution in [0.2, 0.25) is 0 Å². The number of methoxy groups -OCH3 is 1. The van der Waals surface area contributed by atoms with Crippen LogP contribution in [0.5, 0.6) is 5.75 Å². The highest BCUT2D eigenvalue weighted by Gasteiger charge is 2.16. The summed E-state index contributed by atoms with van der Waals surface area (Å²) >= 11 is 0. The maximum Gasteiger partial charge on any atom is 0.269 e. The van der Waals surface area contributed by atoms with Crippen LogP contribution < -0.4 is 10.1 Å². The van der Waals surface area contributed by atoms with Gasteiger partial charge in [-0.25, -0.2) is 0 Å². The normalized spacial score (nSPS) is 10.5. The quantitative estimate of drug-likeness (QED) is 0.786. The summed E-state index contributed by atoms with van der Waals surface area (Å²) in [5.41, 5.74) is 2.00. The lowest BCUT2D eigenvalue weighted by Crippen LogP contribution is -2.24. The minimum atomic E-state index is -0.211. The highest BCUT2D eigenvalue weighted by Crippen LogP contribution is 2.28. The van der Waals surface area contributed by atoms with Crippen molar-refractivity contribution in [1.82, 2.24) is 15.1 Å². The number of hydrogen-bond donors (Lipinski definition) is 1. The number of furan rings is 1. The van der Waals surface area contributed by atoms with E-state index in [-0.39, 0.29) is 5.91 Å². The number of nitrogens with one attached hydrogen (secondary N) is 1. The fourth-order valence-electron chi connectivity index (χ4n) is 2.34. The Kier molecular flexibility index (Phi) is 4.14. The molecule has 0 aliphatic heterocycles. The molecule has 0 atom stereocenters. The van der Waals surface area contributed by atoms with Crippen LogP contribution in [0.4, 0.5) is 0 Å². The van der Waals surface area contributed by atoms with E-state index in [9.17, 15) is 4.79 Å². The lowest BCUT2D eigenvalue weighted by atomic mass is 10.1. The number of ether oxygens (including phenoxy) is 1. The Bertz CT molecular complexity index is 806.